The number of fused-ring (bicyclic) bond motifs is 4. The van der Waals surface area contributed by atoms with Crippen molar-refractivity contribution in [1.82, 2.24) is 24.8 Å². The van der Waals surface area contributed by atoms with Crippen LogP contribution in [-0.4, -0.2) is 30.9 Å². The van der Waals surface area contributed by atoms with Crippen LogP contribution in [0, 0.1) is 0 Å². The van der Waals surface area contributed by atoms with Gasteiger partial charge in [0, 0.05) is 0 Å². The van der Waals surface area contributed by atoms with Gasteiger partial charge in [0.15, 0.2) is 5.65 Å². The summed E-state index contributed by atoms with van der Waals surface area (Å²) in [7, 11) is 0. The highest BCUT2D eigenvalue weighted by molar-refractivity contribution is 5.83. The molecule has 1 aromatic carbocycles. The molecule has 0 saturated heterocycles. The van der Waals surface area contributed by atoms with Crippen LogP contribution < -0.4 is 10.3 Å². The minimum Gasteiger partial charge on any atom is -0.491 e. The molecule has 1 N–H and O–H groups in total. The number of rotatable bonds is 2. The van der Waals surface area contributed by atoms with Gasteiger partial charge < -0.3 is 4.74 Å². The molecule has 4 aromatic rings. The third kappa shape index (κ3) is 1.82. The van der Waals surface area contributed by atoms with E-state index in [0.29, 0.717) is 33.5 Å². The molecular weight excluding hydrogens is 282 g/mol. The molecule has 0 bridgehead atoms. The van der Waals surface area contributed by atoms with Crippen LogP contribution in [0.2, 0.25) is 0 Å². The van der Waals surface area contributed by atoms with Crippen LogP contribution in [0.5, 0.6) is 5.75 Å². The van der Waals surface area contributed by atoms with Crippen LogP contribution in [0.25, 0.3) is 27.7 Å². The molecule has 7 nitrogen and oxygen atoms in total. The zero-order valence-corrected chi connectivity index (χ0v) is 12.1. The van der Waals surface area contributed by atoms with E-state index in [0.717, 1.165) is 0 Å². The molecule has 7 heteroatoms. The fourth-order valence-corrected chi connectivity index (χ4v) is 2.51. The molecule has 110 valence electrons. The second-order valence-corrected chi connectivity index (χ2v) is 5.32. The normalized spacial score (nSPS) is 11.8. The highest BCUT2D eigenvalue weighted by atomic mass is 16.5. The molecule has 3 aromatic heterocycles. The molecule has 0 amide bonds. The van der Waals surface area contributed by atoms with Gasteiger partial charge in [0.1, 0.15) is 16.9 Å². The van der Waals surface area contributed by atoms with Crippen LogP contribution in [0.4, 0.5) is 0 Å². The van der Waals surface area contributed by atoms with Crippen LogP contribution in [0.1, 0.15) is 13.8 Å². The number of hydrogen-bond acceptors (Lipinski definition) is 5. The number of aromatic nitrogens is 5. The predicted octanol–water partition coefficient (Wildman–Crippen LogP) is 1.91. The van der Waals surface area contributed by atoms with Gasteiger partial charge in [-0.1, -0.05) is 0 Å². The van der Waals surface area contributed by atoms with Gasteiger partial charge in [-0.15, -0.1) is 5.10 Å². The minimum absolute atomic E-state index is 0.0378. The van der Waals surface area contributed by atoms with Gasteiger partial charge in [-0.05, 0) is 44.2 Å². The summed E-state index contributed by atoms with van der Waals surface area (Å²) in [6.07, 6.45) is 0.0378. The highest BCUT2D eigenvalue weighted by Gasteiger charge is 2.11. The standard InChI is InChI=1S/C15H13N5O2/c1-8(2)22-9-3-4-11-10(7-9)15(21)20-13(16-11)6-5-12-14(20)18-19-17-12/h3-8H,1-2H3,(H,17,18,19). The Morgan fingerprint density at radius 1 is 1.14 bits per heavy atom. The number of nitrogens with one attached hydrogen (secondary N) is 1. The Morgan fingerprint density at radius 3 is 2.77 bits per heavy atom. The fourth-order valence-electron chi connectivity index (χ4n) is 2.51. The average molecular weight is 295 g/mol. The molecule has 0 aliphatic heterocycles. The van der Waals surface area contributed by atoms with E-state index in [4.69, 9.17) is 4.74 Å². The molecule has 0 spiro atoms. The lowest BCUT2D eigenvalue weighted by Crippen LogP contribution is -2.16. The smallest absolute Gasteiger partial charge is 0.267 e. The SMILES string of the molecule is CC(C)Oc1ccc2nc3ccc4n[nH]nc4n3c(=O)c2c1. The van der Waals surface area contributed by atoms with E-state index in [1.54, 1.807) is 24.3 Å². The van der Waals surface area contributed by atoms with E-state index in [1.807, 2.05) is 19.9 Å². The molecular formula is C15H13N5O2. The first-order chi connectivity index (χ1) is 10.6. The van der Waals surface area contributed by atoms with Crippen molar-refractivity contribution in [3.63, 3.8) is 0 Å². The molecule has 0 atom stereocenters. The van der Waals surface area contributed by atoms with E-state index in [9.17, 15) is 4.79 Å². The van der Waals surface area contributed by atoms with Crippen molar-refractivity contribution >= 4 is 27.7 Å². The Bertz CT molecular complexity index is 1060. The minimum atomic E-state index is -0.186. The molecule has 4 rings (SSSR count). The maximum absolute atomic E-state index is 12.8. The Kier molecular flexibility index (Phi) is 2.62. The lowest BCUT2D eigenvalue weighted by atomic mass is 10.2. The maximum Gasteiger partial charge on any atom is 0.267 e. The van der Waals surface area contributed by atoms with Crippen molar-refractivity contribution in [3.8, 4) is 5.75 Å². The Hall–Kier alpha value is -2.96. The lowest BCUT2D eigenvalue weighted by molar-refractivity contribution is 0.242. The largest absolute Gasteiger partial charge is 0.491 e. The topological polar surface area (TPSA) is 85.2 Å². The molecule has 0 saturated carbocycles. The first kappa shape index (κ1) is 12.8. The van der Waals surface area contributed by atoms with Gasteiger partial charge in [-0.2, -0.15) is 10.3 Å². The number of pyridine rings is 1. The summed E-state index contributed by atoms with van der Waals surface area (Å²) in [6.45, 7) is 3.88. The fraction of sp³-hybridized carbons (Fsp3) is 0.200. The van der Waals surface area contributed by atoms with Crippen molar-refractivity contribution in [3.05, 3.63) is 40.7 Å². The summed E-state index contributed by atoms with van der Waals surface area (Å²) in [4.78, 5) is 17.3. The third-order valence-electron chi connectivity index (χ3n) is 3.39. The van der Waals surface area contributed by atoms with Gasteiger partial charge in [0.2, 0.25) is 0 Å². The zero-order chi connectivity index (χ0) is 15.3. The predicted molar refractivity (Wildman–Crippen MR) is 82.2 cm³/mol. The molecule has 0 radical (unpaired) electrons. The first-order valence-electron chi connectivity index (χ1n) is 6.96. The van der Waals surface area contributed by atoms with Crippen LogP contribution >= 0.6 is 0 Å². The number of hydrogen-bond donors (Lipinski definition) is 1. The monoisotopic (exact) mass is 295 g/mol. The molecule has 0 aliphatic rings. The zero-order valence-electron chi connectivity index (χ0n) is 12.1. The van der Waals surface area contributed by atoms with E-state index in [-0.39, 0.29) is 11.7 Å². The van der Waals surface area contributed by atoms with Gasteiger partial charge in [-0.3, -0.25) is 4.79 Å². The van der Waals surface area contributed by atoms with E-state index in [1.165, 1.54) is 4.40 Å². The second-order valence-electron chi connectivity index (χ2n) is 5.32. The number of ether oxygens (including phenoxy) is 1. The van der Waals surface area contributed by atoms with E-state index < -0.39 is 0 Å². The van der Waals surface area contributed by atoms with Gasteiger partial charge in [-0.25, -0.2) is 9.38 Å². The van der Waals surface area contributed by atoms with Gasteiger partial charge in [0.05, 0.1) is 17.0 Å². The summed E-state index contributed by atoms with van der Waals surface area (Å²) < 4.78 is 7.11. The molecule has 22 heavy (non-hydrogen) atoms. The summed E-state index contributed by atoms with van der Waals surface area (Å²) in [5, 5.41) is 11.1. The summed E-state index contributed by atoms with van der Waals surface area (Å²) in [5.41, 5.74) is 2.06. The molecule has 0 aliphatic carbocycles. The van der Waals surface area contributed by atoms with Crippen molar-refractivity contribution in [2.45, 2.75) is 20.0 Å². The van der Waals surface area contributed by atoms with Crippen molar-refractivity contribution in [2.75, 3.05) is 0 Å². The lowest BCUT2D eigenvalue weighted by Gasteiger charge is -2.10. The summed E-state index contributed by atoms with van der Waals surface area (Å²) in [6, 6.07) is 8.87. The quantitative estimate of drug-likeness (QED) is 0.571. The molecule has 3 heterocycles. The van der Waals surface area contributed by atoms with Crippen molar-refractivity contribution in [2.24, 2.45) is 0 Å². The Balaban J connectivity index is 2.10. The van der Waals surface area contributed by atoms with Gasteiger partial charge in [0.25, 0.3) is 5.56 Å². The Morgan fingerprint density at radius 2 is 1.95 bits per heavy atom. The second kappa shape index (κ2) is 4.52. The van der Waals surface area contributed by atoms with Crippen molar-refractivity contribution in [1.29, 1.82) is 0 Å². The van der Waals surface area contributed by atoms with Crippen LogP contribution in [0.3, 0.4) is 0 Å². The molecule has 0 fully saturated rings. The number of H-pyrrole nitrogens is 1. The maximum atomic E-state index is 12.8. The van der Waals surface area contributed by atoms with Crippen LogP contribution in [0.15, 0.2) is 35.1 Å². The van der Waals surface area contributed by atoms with Crippen molar-refractivity contribution < 1.29 is 4.74 Å². The van der Waals surface area contributed by atoms with E-state index >= 15 is 0 Å². The summed E-state index contributed by atoms with van der Waals surface area (Å²) in [5.74, 6) is 0.647. The van der Waals surface area contributed by atoms with Crippen LogP contribution in [-0.2, 0) is 0 Å². The Labute approximate surface area is 124 Å². The molecule has 0 unspecified atom stereocenters. The first-order valence-corrected chi connectivity index (χ1v) is 6.96. The highest BCUT2D eigenvalue weighted by Crippen LogP contribution is 2.19. The van der Waals surface area contributed by atoms with Gasteiger partial charge >= 0.3 is 0 Å². The third-order valence-corrected chi connectivity index (χ3v) is 3.39. The van der Waals surface area contributed by atoms with E-state index in [2.05, 4.69) is 20.4 Å². The average Bonchev–Trinajstić information content (AvgIpc) is 2.95. The summed E-state index contributed by atoms with van der Waals surface area (Å²) >= 11 is 0. The number of nitrogens with zero attached hydrogens (tertiary/aromatic N) is 4. The number of aromatic amines is 1. The number of benzene rings is 1.